The van der Waals surface area contributed by atoms with Crippen molar-refractivity contribution in [2.75, 3.05) is 11.1 Å². The van der Waals surface area contributed by atoms with Crippen LogP contribution in [-0.4, -0.2) is 5.54 Å². The van der Waals surface area contributed by atoms with E-state index in [9.17, 15) is 4.39 Å². The zero-order valence-electron chi connectivity index (χ0n) is 13.0. The van der Waals surface area contributed by atoms with Gasteiger partial charge in [-0.1, -0.05) is 13.8 Å². The highest BCUT2D eigenvalue weighted by molar-refractivity contribution is 5.54. The Balaban J connectivity index is 1.68. The van der Waals surface area contributed by atoms with Gasteiger partial charge in [-0.3, -0.25) is 0 Å². The highest BCUT2D eigenvalue weighted by Crippen LogP contribution is 2.66. The Morgan fingerprint density at radius 1 is 1.10 bits per heavy atom. The summed E-state index contributed by atoms with van der Waals surface area (Å²) in [4.78, 5) is 0. The van der Waals surface area contributed by atoms with E-state index in [1.54, 1.807) is 12.1 Å². The largest absolute Gasteiger partial charge is 0.399 e. The molecule has 2 atom stereocenters. The van der Waals surface area contributed by atoms with Crippen molar-refractivity contribution in [1.29, 1.82) is 0 Å². The molecule has 0 heterocycles. The van der Waals surface area contributed by atoms with E-state index in [0.29, 0.717) is 22.2 Å². The van der Waals surface area contributed by atoms with Gasteiger partial charge in [0.05, 0.1) is 5.69 Å². The first-order chi connectivity index (χ1) is 9.79. The summed E-state index contributed by atoms with van der Waals surface area (Å²) in [6.07, 6.45) is 7.60. The van der Waals surface area contributed by atoms with Gasteiger partial charge in [-0.25, -0.2) is 4.39 Å². The molecule has 0 radical (unpaired) electrons. The fraction of sp³-hybridized carbons (Fsp3) is 0.667. The van der Waals surface area contributed by atoms with Crippen LogP contribution >= 0.6 is 0 Å². The van der Waals surface area contributed by atoms with Gasteiger partial charge in [-0.2, -0.15) is 0 Å². The van der Waals surface area contributed by atoms with Crippen LogP contribution in [0.25, 0.3) is 0 Å². The minimum Gasteiger partial charge on any atom is -0.399 e. The van der Waals surface area contributed by atoms with Gasteiger partial charge in [0.1, 0.15) is 5.82 Å². The van der Waals surface area contributed by atoms with Crippen LogP contribution in [0.5, 0.6) is 0 Å². The van der Waals surface area contributed by atoms with Crippen LogP contribution in [0.4, 0.5) is 15.8 Å². The van der Waals surface area contributed by atoms with Crippen molar-refractivity contribution >= 4 is 11.4 Å². The molecule has 0 aromatic heterocycles. The molecule has 4 fully saturated rings. The number of hydrogen-bond donors (Lipinski definition) is 2. The molecule has 21 heavy (non-hydrogen) atoms. The van der Waals surface area contributed by atoms with E-state index in [1.165, 1.54) is 44.6 Å². The van der Waals surface area contributed by atoms with E-state index in [-0.39, 0.29) is 11.4 Å². The summed E-state index contributed by atoms with van der Waals surface area (Å²) in [5, 5.41) is 3.60. The Bertz CT molecular complexity index is 579. The molecule has 4 saturated carbocycles. The van der Waals surface area contributed by atoms with Crippen molar-refractivity contribution in [2.45, 2.75) is 57.9 Å². The van der Waals surface area contributed by atoms with E-state index in [0.717, 1.165) is 5.92 Å². The normalized spacial score (nSPS) is 44.0. The van der Waals surface area contributed by atoms with Crippen LogP contribution < -0.4 is 11.1 Å². The first kappa shape index (κ1) is 13.4. The topological polar surface area (TPSA) is 38.0 Å². The standard InChI is InChI=1S/C18H25FN2/c1-16-6-12-7-17(2,9-16)11-18(8-12,10-16)21-15-4-3-13(20)5-14(15)19/h3-5,12,21H,6-11,20H2,1-2H3. The predicted octanol–water partition coefficient (Wildman–Crippen LogP) is 4.57. The molecule has 5 rings (SSSR count). The number of benzene rings is 1. The van der Waals surface area contributed by atoms with Gasteiger partial charge < -0.3 is 11.1 Å². The third-order valence-electron chi connectivity index (χ3n) is 6.02. The summed E-state index contributed by atoms with van der Waals surface area (Å²) in [6.45, 7) is 4.87. The summed E-state index contributed by atoms with van der Waals surface area (Å²) in [5.74, 6) is 0.585. The molecule has 4 bridgehead atoms. The van der Waals surface area contributed by atoms with Crippen molar-refractivity contribution in [2.24, 2.45) is 16.7 Å². The van der Waals surface area contributed by atoms with Crippen LogP contribution in [0, 0.1) is 22.6 Å². The molecular weight excluding hydrogens is 263 g/mol. The van der Waals surface area contributed by atoms with E-state index >= 15 is 0 Å². The monoisotopic (exact) mass is 288 g/mol. The summed E-state index contributed by atoms with van der Waals surface area (Å²) < 4.78 is 14.2. The maximum Gasteiger partial charge on any atom is 0.148 e. The summed E-state index contributed by atoms with van der Waals surface area (Å²) >= 11 is 0. The number of hydrogen-bond acceptors (Lipinski definition) is 2. The first-order valence-corrected chi connectivity index (χ1v) is 8.12. The molecule has 4 aliphatic rings. The number of rotatable bonds is 2. The summed E-state index contributed by atoms with van der Waals surface area (Å²) in [6, 6.07) is 5.01. The molecule has 114 valence electrons. The zero-order valence-corrected chi connectivity index (χ0v) is 13.0. The van der Waals surface area contributed by atoms with Gasteiger partial charge in [-0.05, 0) is 73.5 Å². The molecule has 2 unspecified atom stereocenters. The lowest BCUT2D eigenvalue weighted by atomic mass is 9.43. The molecule has 1 aromatic rings. The number of nitrogens with two attached hydrogens (primary N) is 1. The summed E-state index contributed by atoms with van der Waals surface area (Å²) in [5.41, 5.74) is 7.73. The summed E-state index contributed by atoms with van der Waals surface area (Å²) in [7, 11) is 0. The van der Waals surface area contributed by atoms with E-state index in [4.69, 9.17) is 5.73 Å². The molecule has 3 N–H and O–H groups in total. The minimum absolute atomic E-state index is 0.0832. The smallest absolute Gasteiger partial charge is 0.148 e. The highest BCUT2D eigenvalue weighted by atomic mass is 19.1. The lowest BCUT2D eigenvalue weighted by Gasteiger charge is -2.65. The highest BCUT2D eigenvalue weighted by Gasteiger charge is 2.60. The van der Waals surface area contributed by atoms with Crippen LogP contribution in [0.15, 0.2) is 18.2 Å². The lowest BCUT2D eigenvalue weighted by molar-refractivity contribution is -0.0973. The fourth-order valence-corrected chi connectivity index (χ4v) is 6.51. The third-order valence-corrected chi connectivity index (χ3v) is 6.02. The number of nitrogen functional groups attached to an aromatic ring is 1. The Hall–Kier alpha value is -1.25. The van der Waals surface area contributed by atoms with Crippen LogP contribution in [0.2, 0.25) is 0 Å². The van der Waals surface area contributed by atoms with Gasteiger partial charge in [0.15, 0.2) is 0 Å². The molecule has 4 aliphatic carbocycles. The zero-order chi connectivity index (χ0) is 14.9. The quantitative estimate of drug-likeness (QED) is 0.782. The fourth-order valence-electron chi connectivity index (χ4n) is 6.51. The van der Waals surface area contributed by atoms with Crippen molar-refractivity contribution in [3.63, 3.8) is 0 Å². The molecular formula is C18H25FN2. The second-order valence-corrected chi connectivity index (χ2v) is 8.77. The Morgan fingerprint density at radius 2 is 1.76 bits per heavy atom. The van der Waals surface area contributed by atoms with Gasteiger partial charge in [0, 0.05) is 11.2 Å². The average Bonchev–Trinajstić information content (AvgIpc) is 2.28. The van der Waals surface area contributed by atoms with E-state index in [2.05, 4.69) is 19.2 Å². The van der Waals surface area contributed by atoms with Crippen molar-refractivity contribution in [1.82, 2.24) is 0 Å². The van der Waals surface area contributed by atoms with Crippen LogP contribution in [-0.2, 0) is 0 Å². The number of halogens is 1. The maximum absolute atomic E-state index is 14.2. The van der Waals surface area contributed by atoms with Gasteiger partial charge >= 0.3 is 0 Å². The molecule has 3 heteroatoms. The lowest BCUT2D eigenvalue weighted by Crippen LogP contribution is -2.61. The van der Waals surface area contributed by atoms with Gasteiger partial charge in [0.2, 0.25) is 0 Å². The molecule has 0 amide bonds. The SMILES string of the molecule is CC12CC3CC(C)(C1)CC(Nc1ccc(N)cc1F)(C3)C2. The molecule has 1 aromatic carbocycles. The number of anilines is 2. The van der Waals surface area contributed by atoms with Gasteiger partial charge in [-0.15, -0.1) is 0 Å². The van der Waals surface area contributed by atoms with E-state index < -0.39 is 0 Å². The van der Waals surface area contributed by atoms with Crippen molar-refractivity contribution in [3.8, 4) is 0 Å². The van der Waals surface area contributed by atoms with Gasteiger partial charge in [0.25, 0.3) is 0 Å². The van der Waals surface area contributed by atoms with Crippen molar-refractivity contribution < 1.29 is 4.39 Å². The second-order valence-electron chi connectivity index (χ2n) is 8.77. The Labute approximate surface area is 126 Å². The molecule has 0 saturated heterocycles. The maximum atomic E-state index is 14.2. The third kappa shape index (κ3) is 2.13. The molecule has 2 nitrogen and oxygen atoms in total. The van der Waals surface area contributed by atoms with E-state index in [1.807, 2.05) is 0 Å². The second kappa shape index (κ2) is 3.93. The predicted molar refractivity (Wildman–Crippen MR) is 84.6 cm³/mol. The van der Waals surface area contributed by atoms with Crippen LogP contribution in [0.1, 0.15) is 52.4 Å². The van der Waals surface area contributed by atoms with Crippen LogP contribution in [0.3, 0.4) is 0 Å². The van der Waals surface area contributed by atoms with Crippen molar-refractivity contribution in [3.05, 3.63) is 24.0 Å². The average molecular weight is 288 g/mol. The number of nitrogens with one attached hydrogen (secondary N) is 1. The minimum atomic E-state index is -0.221. The molecule has 0 aliphatic heterocycles. The Kier molecular flexibility index (Phi) is 2.51. The molecule has 0 spiro atoms. The first-order valence-electron chi connectivity index (χ1n) is 8.12. The Morgan fingerprint density at radius 3 is 2.33 bits per heavy atom.